The van der Waals surface area contributed by atoms with Gasteiger partial charge in [0.2, 0.25) is 0 Å². The van der Waals surface area contributed by atoms with Crippen molar-refractivity contribution in [3.63, 3.8) is 0 Å². The highest BCUT2D eigenvalue weighted by atomic mass is 16.4. The Bertz CT molecular complexity index is 368. The standard InChI is InChI=1S/C9H8BNO2/c1-7(6-11)8-4-2-3-5-9(8)10(12)13/h2-5,12-13H,1H2. The van der Waals surface area contributed by atoms with Gasteiger partial charge in [-0.15, -0.1) is 0 Å². The number of rotatable bonds is 2. The van der Waals surface area contributed by atoms with Gasteiger partial charge in [0.1, 0.15) is 0 Å². The molecule has 0 spiro atoms. The summed E-state index contributed by atoms with van der Waals surface area (Å²) in [6.45, 7) is 3.50. The highest BCUT2D eigenvalue weighted by Crippen LogP contribution is 2.08. The molecule has 1 rings (SSSR count). The first-order chi connectivity index (χ1) is 6.16. The molecule has 0 aromatic heterocycles. The van der Waals surface area contributed by atoms with Crippen molar-refractivity contribution in [2.45, 2.75) is 0 Å². The Balaban J connectivity index is 3.21. The molecule has 3 nitrogen and oxygen atoms in total. The number of benzene rings is 1. The Hall–Kier alpha value is -1.57. The van der Waals surface area contributed by atoms with Gasteiger partial charge in [-0.1, -0.05) is 30.8 Å². The van der Waals surface area contributed by atoms with E-state index in [0.717, 1.165) is 0 Å². The first kappa shape index (κ1) is 9.52. The molecular formula is C9H8BNO2. The maximum atomic E-state index is 8.95. The van der Waals surface area contributed by atoms with Gasteiger partial charge in [-0.2, -0.15) is 5.26 Å². The topological polar surface area (TPSA) is 64.2 Å². The molecule has 0 saturated heterocycles. The van der Waals surface area contributed by atoms with Crippen molar-refractivity contribution in [2.24, 2.45) is 0 Å². The molecule has 0 heterocycles. The van der Waals surface area contributed by atoms with Crippen LogP contribution in [0.5, 0.6) is 0 Å². The van der Waals surface area contributed by atoms with E-state index in [0.29, 0.717) is 11.0 Å². The summed E-state index contributed by atoms with van der Waals surface area (Å²) in [6.07, 6.45) is 0. The Labute approximate surface area is 76.7 Å². The Morgan fingerprint density at radius 3 is 2.54 bits per heavy atom. The molecule has 0 fully saturated rings. The van der Waals surface area contributed by atoms with Crippen molar-refractivity contribution in [1.82, 2.24) is 0 Å². The van der Waals surface area contributed by atoms with Crippen LogP contribution in [0.4, 0.5) is 0 Å². The van der Waals surface area contributed by atoms with E-state index in [1.54, 1.807) is 24.3 Å². The third-order valence-corrected chi connectivity index (χ3v) is 1.70. The lowest BCUT2D eigenvalue weighted by atomic mass is 9.75. The van der Waals surface area contributed by atoms with Gasteiger partial charge in [-0.25, -0.2) is 0 Å². The van der Waals surface area contributed by atoms with E-state index >= 15 is 0 Å². The van der Waals surface area contributed by atoms with Gasteiger partial charge in [-0.05, 0) is 11.0 Å². The zero-order valence-electron chi connectivity index (χ0n) is 6.94. The first-order valence-corrected chi connectivity index (χ1v) is 3.71. The van der Waals surface area contributed by atoms with Crippen LogP contribution in [0.25, 0.3) is 5.57 Å². The third kappa shape index (κ3) is 1.97. The normalized spacial score (nSPS) is 9.00. The second kappa shape index (κ2) is 3.90. The van der Waals surface area contributed by atoms with Crippen LogP contribution in [-0.2, 0) is 0 Å². The van der Waals surface area contributed by atoms with Gasteiger partial charge in [0.15, 0.2) is 0 Å². The van der Waals surface area contributed by atoms with E-state index < -0.39 is 7.12 Å². The zero-order valence-corrected chi connectivity index (χ0v) is 6.94. The van der Waals surface area contributed by atoms with Gasteiger partial charge in [0.25, 0.3) is 0 Å². The van der Waals surface area contributed by atoms with E-state index in [4.69, 9.17) is 15.3 Å². The van der Waals surface area contributed by atoms with Crippen molar-refractivity contribution in [2.75, 3.05) is 0 Å². The predicted molar refractivity (Wildman–Crippen MR) is 50.9 cm³/mol. The molecule has 0 aliphatic heterocycles. The summed E-state index contributed by atoms with van der Waals surface area (Å²) in [4.78, 5) is 0. The fraction of sp³-hybridized carbons (Fsp3) is 0. The minimum atomic E-state index is -1.57. The number of nitrogens with zero attached hydrogens (tertiary/aromatic N) is 1. The molecule has 0 saturated carbocycles. The molecule has 0 unspecified atom stereocenters. The number of hydrogen-bond donors (Lipinski definition) is 2. The summed E-state index contributed by atoms with van der Waals surface area (Å²) in [5.41, 5.74) is 0.998. The molecule has 1 aromatic rings. The lowest BCUT2D eigenvalue weighted by Crippen LogP contribution is -2.32. The molecule has 0 aliphatic carbocycles. The van der Waals surface area contributed by atoms with Crippen LogP contribution in [0.15, 0.2) is 30.8 Å². The Morgan fingerprint density at radius 1 is 1.38 bits per heavy atom. The highest BCUT2D eigenvalue weighted by molar-refractivity contribution is 6.59. The molecule has 13 heavy (non-hydrogen) atoms. The SMILES string of the molecule is C=C(C#N)c1ccccc1B(O)O. The summed E-state index contributed by atoms with van der Waals surface area (Å²) < 4.78 is 0. The monoisotopic (exact) mass is 173 g/mol. The molecule has 0 radical (unpaired) electrons. The fourth-order valence-corrected chi connectivity index (χ4v) is 1.06. The zero-order chi connectivity index (χ0) is 9.84. The van der Waals surface area contributed by atoms with Crippen LogP contribution in [0, 0.1) is 11.3 Å². The molecule has 0 bridgehead atoms. The van der Waals surface area contributed by atoms with Gasteiger partial charge >= 0.3 is 7.12 Å². The minimum Gasteiger partial charge on any atom is -0.423 e. The van der Waals surface area contributed by atoms with Crippen LogP contribution in [-0.4, -0.2) is 17.2 Å². The molecule has 2 N–H and O–H groups in total. The van der Waals surface area contributed by atoms with Gasteiger partial charge < -0.3 is 10.0 Å². The summed E-state index contributed by atoms with van der Waals surface area (Å²) in [6, 6.07) is 8.41. The van der Waals surface area contributed by atoms with Crippen LogP contribution in [0.3, 0.4) is 0 Å². The average Bonchev–Trinajstić information content (AvgIpc) is 2.16. The maximum absolute atomic E-state index is 8.95. The van der Waals surface area contributed by atoms with E-state index in [2.05, 4.69) is 6.58 Å². The second-order valence-electron chi connectivity index (χ2n) is 2.55. The summed E-state index contributed by atoms with van der Waals surface area (Å²) in [5.74, 6) is 0. The van der Waals surface area contributed by atoms with Crippen molar-refractivity contribution < 1.29 is 10.0 Å². The molecule has 4 heteroatoms. The number of allylic oxidation sites excluding steroid dienone is 1. The molecule has 0 aliphatic rings. The van der Waals surface area contributed by atoms with E-state index in [9.17, 15) is 0 Å². The second-order valence-corrected chi connectivity index (χ2v) is 2.55. The summed E-state index contributed by atoms with van der Waals surface area (Å²) >= 11 is 0. The van der Waals surface area contributed by atoms with Crippen LogP contribution in [0.1, 0.15) is 5.56 Å². The van der Waals surface area contributed by atoms with Crippen LogP contribution in [0.2, 0.25) is 0 Å². The largest absolute Gasteiger partial charge is 0.489 e. The summed E-state index contributed by atoms with van der Waals surface area (Å²) in [5, 5.41) is 26.5. The fourth-order valence-electron chi connectivity index (χ4n) is 1.06. The van der Waals surface area contributed by atoms with Gasteiger partial charge in [0.05, 0.1) is 11.6 Å². The van der Waals surface area contributed by atoms with E-state index in [-0.39, 0.29) is 5.57 Å². The molecule has 0 atom stereocenters. The minimum absolute atomic E-state index is 0.226. The highest BCUT2D eigenvalue weighted by Gasteiger charge is 2.16. The van der Waals surface area contributed by atoms with Crippen LogP contribution < -0.4 is 5.46 Å². The van der Waals surface area contributed by atoms with Crippen molar-refractivity contribution in [1.29, 1.82) is 5.26 Å². The number of nitriles is 1. The molecule has 1 aromatic carbocycles. The quantitative estimate of drug-likeness (QED) is 0.484. The average molecular weight is 173 g/mol. The molecule has 0 amide bonds. The Kier molecular flexibility index (Phi) is 2.86. The lowest BCUT2D eigenvalue weighted by molar-refractivity contribution is 0.425. The lowest BCUT2D eigenvalue weighted by Gasteiger charge is -2.05. The molecular weight excluding hydrogens is 165 g/mol. The van der Waals surface area contributed by atoms with Crippen molar-refractivity contribution >= 4 is 18.2 Å². The van der Waals surface area contributed by atoms with Crippen molar-refractivity contribution in [3.05, 3.63) is 36.4 Å². The van der Waals surface area contributed by atoms with E-state index in [1.807, 2.05) is 6.07 Å². The molecule has 64 valence electrons. The smallest absolute Gasteiger partial charge is 0.423 e. The maximum Gasteiger partial charge on any atom is 0.489 e. The number of hydrogen-bond acceptors (Lipinski definition) is 3. The first-order valence-electron chi connectivity index (χ1n) is 3.71. The Morgan fingerprint density at radius 2 is 2.00 bits per heavy atom. The van der Waals surface area contributed by atoms with Crippen LogP contribution >= 0.6 is 0 Å². The van der Waals surface area contributed by atoms with Crippen molar-refractivity contribution in [3.8, 4) is 6.07 Å². The summed E-state index contributed by atoms with van der Waals surface area (Å²) in [7, 11) is -1.57. The van der Waals surface area contributed by atoms with Gasteiger partial charge in [-0.3, -0.25) is 0 Å². The van der Waals surface area contributed by atoms with Gasteiger partial charge in [0, 0.05) is 0 Å². The van der Waals surface area contributed by atoms with E-state index in [1.165, 1.54) is 0 Å². The predicted octanol–water partition coefficient (Wildman–Crippen LogP) is -0.0968. The third-order valence-electron chi connectivity index (χ3n) is 1.70.